The molecule has 1 N–H and O–H groups in total. The average Bonchev–Trinajstić information content (AvgIpc) is 3.37. The number of amides is 3. The summed E-state index contributed by atoms with van der Waals surface area (Å²) in [7, 11) is 0. The fourth-order valence-corrected chi connectivity index (χ4v) is 7.92. The van der Waals surface area contributed by atoms with Crippen LogP contribution in [0.15, 0.2) is 82.9 Å². The zero-order valence-corrected chi connectivity index (χ0v) is 23.1. The van der Waals surface area contributed by atoms with E-state index >= 15 is 0 Å². The SMILES string of the molecule is O=C(Cn1c2c(sc1=O)C(c1cccnc1)C1C(=O)N(c3ccc(Cl)cc3)C(=O)C1S2)Nc1ccc(Cl)cc1. The maximum Gasteiger partial charge on any atom is 0.308 e. The van der Waals surface area contributed by atoms with Crippen LogP contribution in [0, 0.1) is 5.92 Å². The van der Waals surface area contributed by atoms with Gasteiger partial charge in [0.15, 0.2) is 0 Å². The number of nitrogens with one attached hydrogen (secondary N) is 1. The number of pyridine rings is 1. The molecule has 2 aromatic carbocycles. The fourth-order valence-electron chi connectivity index (χ4n) is 4.90. The summed E-state index contributed by atoms with van der Waals surface area (Å²) in [6.45, 7) is -0.250. The molecule has 2 aromatic heterocycles. The minimum atomic E-state index is -0.787. The molecule has 0 saturated carbocycles. The lowest BCUT2D eigenvalue weighted by Gasteiger charge is -2.30. The second kappa shape index (κ2) is 10.3. The van der Waals surface area contributed by atoms with Gasteiger partial charge < -0.3 is 5.32 Å². The number of carbonyl (C=O) groups is 3. The van der Waals surface area contributed by atoms with Crippen molar-refractivity contribution in [2.24, 2.45) is 5.92 Å². The van der Waals surface area contributed by atoms with Gasteiger partial charge in [-0.2, -0.15) is 0 Å². The van der Waals surface area contributed by atoms with E-state index in [4.69, 9.17) is 23.2 Å². The molecular weight excluding hydrogens is 579 g/mol. The van der Waals surface area contributed by atoms with Crippen LogP contribution in [0.1, 0.15) is 16.4 Å². The second-order valence-corrected chi connectivity index (χ2v) is 12.0. The monoisotopic (exact) mass is 596 g/mol. The van der Waals surface area contributed by atoms with Gasteiger partial charge in [0.1, 0.15) is 11.8 Å². The Bertz CT molecular complexity index is 1660. The molecule has 8 nitrogen and oxygen atoms in total. The van der Waals surface area contributed by atoms with Crippen LogP contribution in [0.5, 0.6) is 0 Å². The molecule has 1 fully saturated rings. The van der Waals surface area contributed by atoms with E-state index in [9.17, 15) is 19.2 Å². The molecular formula is C27H18Cl2N4O4S2. The summed E-state index contributed by atoms with van der Waals surface area (Å²) < 4.78 is 1.37. The van der Waals surface area contributed by atoms with E-state index in [0.29, 0.717) is 36.9 Å². The maximum atomic E-state index is 13.8. The summed E-state index contributed by atoms with van der Waals surface area (Å²) in [5.74, 6) is -2.46. The number of anilines is 2. The number of imide groups is 1. The molecule has 2 aliphatic rings. The van der Waals surface area contributed by atoms with Gasteiger partial charge in [0, 0.05) is 38.9 Å². The Morgan fingerprint density at radius 3 is 2.31 bits per heavy atom. The van der Waals surface area contributed by atoms with Gasteiger partial charge in [0.2, 0.25) is 17.7 Å². The highest BCUT2D eigenvalue weighted by molar-refractivity contribution is 8.00. The molecule has 0 spiro atoms. The standard InChI is InChI=1S/C27H18Cl2N4O4S2/c28-15-3-7-17(8-4-15)31-19(34)13-32-26-23(39-27(32)37)20(14-2-1-11-30-12-14)21-22(38-26)25(36)33(24(21)35)18-9-5-16(29)6-10-18/h1-12,20-22H,13H2,(H,31,34). The predicted molar refractivity (Wildman–Crippen MR) is 152 cm³/mol. The van der Waals surface area contributed by atoms with Crippen molar-refractivity contribution in [2.75, 3.05) is 10.2 Å². The molecule has 3 unspecified atom stereocenters. The van der Waals surface area contributed by atoms with Crippen LogP contribution in [-0.2, 0) is 20.9 Å². The van der Waals surface area contributed by atoms with Crippen molar-refractivity contribution in [1.29, 1.82) is 0 Å². The first-order valence-corrected chi connectivity index (χ1v) is 14.3. The van der Waals surface area contributed by atoms with Gasteiger partial charge in [-0.05, 0) is 60.2 Å². The van der Waals surface area contributed by atoms with Gasteiger partial charge in [0.25, 0.3) is 0 Å². The first-order chi connectivity index (χ1) is 18.8. The molecule has 0 aliphatic carbocycles. The molecule has 0 bridgehead atoms. The number of thiazole rings is 1. The Balaban J connectivity index is 1.39. The lowest BCUT2D eigenvalue weighted by atomic mass is 9.84. The largest absolute Gasteiger partial charge is 0.325 e. The lowest BCUT2D eigenvalue weighted by Crippen LogP contribution is -2.33. The first kappa shape index (κ1) is 25.8. The van der Waals surface area contributed by atoms with Crippen LogP contribution in [-0.4, -0.2) is 32.5 Å². The van der Waals surface area contributed by atoms with Crippen molar-refractivity contribution < 1.29 is 14.4 Å². The number of hydrogen-bond acceptors (Lipinski definition) is 7. The van der Waals surface area contributed by atoms with Crippen molar-refractivity contribution >= 4 is 75.4 Å². The molecule has 1 saturated heterocycles. The van der Waals surface area contributed by atoms with Crippen molar-refractivity contribution in [3.05, 3.63) is 103 Å². The van der Waals surface area contributed by atoms with Gasteiger partial charge in [-0.25, -0.2) is 4.90 Å². The number of aromatic nitrogens is 2. The van der Waals surface area contributed by atoms with E-state index in [1.165, 1.54) is 9.47 Å². The summed E-state index contributed by atoms with van der Waals surface area (Å²) >= 11 is 14.1. The number of fused-ring (bicyclic) bond motifs is 2. The highest BCUT2D eigenvalue weighted by Gasteiger charge is 2.56. The smallest absolute Gasteiger partial charge is 0.308 e. The van der Waals surface area contributed by atoms with Crippen molar-refractivity contribution in [2.45, 2.75) is 22.7 Å². The van der Waals surface area contributed by atoms with Crippen molar-refractivity contribution in [1.82, 2.24) is 9.55 Å². The molecule has 0 radical (unpaired) electrons. The zero-order chi connectivity index (χ0) is 27.3. The van der Waals surface area contributed by atoms with Crippen LogP contribution in [0.3, 0.4) is 0 Å². The number of thioether (sulfide) groups is 1. The van der Waals surface area contributed by atoms with Crippen LogP contribution < -0.4 is 15.1 Å². The summed E-state index contributed by atoms with van der Waals surface area (Å²) in [4.78, 5) is 59.3. The van der Waals surface area contributed by atoms with Crippen LogP contribution in [0.25, 0.3) is 0 Å². The number of rotatable bonds is 5. The number of hydrogen-bond donors (Lipinski definition) is 1. The van der Waals surface area contributed by atoms with Gasteiger partial charge in [-0.3, -0.25) is 28.7 Å². The summed E-state index contributed by atoms with van der Waals surface area (Å²) in [6.07, 6.45) is 3.27. The Kier molecular flexibility index (Phi) is 6.80. The number of halogens is 2. The maximum absolute atomic E-state index is 13.8. The van der Waals surface area contributed by atoms with E-state index < -0.39 is 23.0 Å². The molecule has 196 valence electrons. The molecule has 4 aromatic rings. The molecule has 4 heterocycles. The van der Waals surface area contributed by atoms with Crippen LogP contribution in [0.4, 0.5) is 11.4 Å². The van der Waals surface area contributed by atoms with Crippen LogP contribution >= 0.6 is 46.3 Å². The van der Waals surface area contributed by atoms with Gasteiger partial charge >= 0.3 is 4.87 Å². The highest BCUT2D eigenvalue weighted by Crippen LogP contribution is 2.53. The van der Waals surface area contributed by atoms with Gasteiger partial charge in [-0.1, -0.05) is 52.4 Å². The second-order valence-electron chi connectivity index (χ2n) is 9.00. The molecule has 39 heavy (non-hydrogen) atoms. The van der Waals surface area contributed by atoms with Gasteiger partial charge in [-0.15, -0.1) is 0 Å². The predicted octanol–water partition coefficient (Wildman–Crippen LogP) is 5.05. The first-order valence-electron chi connectivity index (χ1n) is 11.8. The topological polar surface area (TPSA) is 101 Å². The van der Waals surface area contributed by atoms with Gasteiger partial charge in [0.05, 0.1) is 16.6 Å². The minimum absolute atomic E-state index is 0.250. The Morgan fingerprint density at radius 2 is 1.64 bits per heavy atom. The van der Waals surface area contributed by atoms with E-state index in [1.54, 1.807) is 67.0 Å². The number of benzene rings is 2. The van der Waals surface area contributed by atoms with E-state index in [-0.39, 0.29) is 23.2 Å². The highest BCUT2D eigenvalue weighted by atomic mass is 35.5. The normalized spacial score (nSPS) is 20.1. The third kappa shape index (κ3) is 4.67. The fraction of sp³-hybridized carbons (Fsp3) is 0.148. The third-order valence-electron chi connectivity index (χ3n) is 6.61. The van der Waals surface area contributed by atoms with Crippen LogP contribution in [0.2, 0.25) is 10.0 Å². The Morgan fingerprint density at radius 1 is 0.949 bits per heavy atom. The van der Waals surface area contributed by atoms with E-state index in [1.807, 2.05) is 6.07 Å². The quantitative estimate of drug-likeness (QED) is 0.324. The summed E-state index contributed by atoms with van der Waals surface area (Å²) in [6, 6.07) is 16.7. The Labute approximate surface area is 240 Å². The number of carbonyl (C=O) groups excluding carboxylic acids is 3. The third-order valence-corrected chi connectivity index (χ3v) is 9.72. The van der Waals surface area contributed by atoms with Crippen molar-refractivity contribution in [3.8, 4) is 0 Å². The molecule has 12 heteroatoms. The molecule has 3 amide bonds. The Hall–Kier alpha value is -3.44. The minimum Gasteiger partial charge on any atom is -0.325 e. The summed E-state index contributed by atoms with van der Waals surface area (Å²) in [5.41, 5.74) is 1.68. The molecule has 6 rings (SSSR count). The van der Waals surface area contributed by atoms with Crippen molar-refractivity contribution in [3.63, 3.8) is 0 Å². The summed E-state index contributed by atoms with van der Waals surface area (Å²) in [5, 5.41) is 3.51. The van der Waals surface area contributed by atoms with E-state index in [2.05, 4.69) is 10.3 Å². The molecule has 2 aliphatic heterocycles. The number of nitrogens with zero attached hydrogens (tertiary/aromatic N) is 3. The zero-order valence-electron chi connectivity index (χ0n) is 19.9. The average molecular weight is 598 g/mol. The van der Waals surface area contributed by atoms with E-state index in [0.717, 1.165) is 23.1 Å². The lowest BCUT2D eigenvalue weighted by molar-refractivity contribution is -0.122. The molecule has 3 atom stereocenters.